The first-order valence-corrected chi connectivity index (χ1v) is 6.57. The molecule has 2 fully saturated rings. The molecule has 0 amide bonds. The molecule has 1 aliphatic heterocycles. The molecule has 2 aliphatic rings. The fourth-order valence-electron chi connectivity index (χ4n) is 3.24. The SMILES string of the molecule is CCC1CCC(C(O)C2CCOCC2)C1. The number of aliphatic hydroxyl groups is 1. The maximum atomic E-state index is 10.3. The topological polar surface area (TPSA) is 29.5 Å². The Morgan fingerprint density at radius 1 is 1.13 bits per heavy atom. The number of rotatable bonds is 3. The van der Waals surface area contributed by atoms with Gasteiger partial charge in [0.15, 0.2) is 0 Å². The molecular formula is C13H24O2. The standard InChI is InChI=1S/C13H24O2/c1-2-10-3-4-12(9-10)13(14)11-5-7-15-8-6-11/h10-14H,2-9H2,1H3. The van der Waals surface area contributed by atoms with Gasteiger partial charge in [0.1, 0.15) is 0 Å². The largest absolute Gasteiger partial charge is 0.393 e. The van der Waals surface area contributed by atoms with Crippen LogP contribution in [0.4, 0.5) is 0 Å². The van der Waals surface area contributed by atoms with E-state index in [-0.39, 0.29) is 6.10 Å². The second-order valence-electron chi connectivity index (χ2n) is 5.29. The molecule has 2 nitrogen and oxygen atoms in total. The van der Waals surface area contributed by atoms with E-state index in [9.17, 15) is 5.11 Å². The Morgan fingerprint density at radius 2 is 1.87 bits per heavy atom. The van der Waals surface area contributed by atoms with Crippen LogP contribution >= 0.6 is 0 Å². The fourth-order valence-corrected chi connectivity index (χ4v) is 3.24. The van der Waals surface area contributed by atoms with Gasteiger partial charge < -0.3 is 9.84 Å². The van der Waals surface area contributed by atoms with Gasteiger partial charge in [-0.05, 0) is 43.4 Å². The lowest BCUT2D eigenvalue weighted by atomic mass is 9.84. The van der Waals surface area contributed by atoms with E-state index >= 15 is 0 Å². The van der Waals surface area contributed by atoms with Gasteiger partial charge in [-0.1, -0.05) is 19.8 Å². The van der Waals surface area contributed by atoms with Crippen molar-refractivity contribution in [2.45, 2.75) is 51.6 Å². The summed E-state index contributed by atoms with van der Waals surface area (Å²) >= 11 is 0. The highest BCUT2D eigenvalue weighted by molar-refractivity contribution is 4.84. The van der Waals surface area contributed by atoms with Gasteiger partial charge in [-0.15, -0.1) is 0 Å². The molecule has 88 valence electrons. The first-order chi connectivity index (χ1) is 7.31. The average Bonchev–Trinajstić information content (AvgIpc) is 2.78. The molecule has 1 aliphatic carbocycles. The minimum absolute atomic E-state index is 0.0505. The highest BCUT2D eigenvalue weighted by Crippen LogP contribution is 2.38. The van der Waals surface area contributed by atoms with Crippen molar-refractivity contribution in [3.8, 4) is 0 Å². The van der Waals surface area contributed by atoms with Crippen LogP contribution in [-0.4, -0.2) is 24.4 Å². The summed E-state index contributed by atoms with van der Waals surface area (Å²) in [5, 5.41) is 10.3. The van der Waals surface area contributed by atoms with Gasteiger partial charge in [0.05, 0.1) is 6.10 Å². The third-order valence-corrected chi connectivity index (χ3v) is 4.39. The van der Waals surface area contributed by atoms with E-state index in [0.717, 1.165) is 32.0 Å². The van der Waals surface area contributed by atoms with Gasteiger partial charge in [-0.3, -0.25) is 0 Å². The van der Waals surface area contributed by atoms with Crippen molar-refractivity contribution < 1.29 is 9.84 Å². The molecule has 3 atom stereocenters. The quantitative estimate of drug-likeness (QED) is 0.779. The van der Waals surface area contributed by atoms with Crippen molar-refractivity contribution in [3.05, 3.63) is 0 Å². The molecule has 0 aromatic rings. The molecule has 2 rings (SSSR count). The van der Waals surface area contributed by atoms with Gasteiger partial charge in [0, 0.05) is 13.2 Å². The van der Waals surface area contributed by atoms with Crippen molar-refractivity contribution in [1.29, 1.82) is 0 Å². The lowest BCUT2D eigenvalue weighted by molar-refractivity contribution is -0.0168. The van der Waals surface area contributed by atoms with Crippen LogP contribution in [0.25, 0.3) is 0 Å². The fraction of sp³-hybridized carbons (Fsp3) is 1.00. The molecule has 2 heteroatoms. The molecule has 1 saturated heterocycles. The van der Waals surface area contributed by atoms with Crippen molar-refractivity contribution >= 4 is 0 Å². The molecule has 3 unspecified atom stereocenters. The van der Waals surface area contributed by atoms with Crippen molar-refractivity contribution in [2.75, 3.05) is 13.2 Å². The van der Waals surface area contributed by atoms with Crippen LogP contribution in [-0.2, 0) is 4.74 Å². The molecule has 0 aromatic heterocycles. The van der Waals surface area contributed by atoms with Gasteiger partial charge >= 0.3 is 0 Å². The average molecular weight is 212 g/mol. The molecule has 0 spiro atoms. The van der Waals surface area contributed by atoms with E-state index in [1.165, 1.54) is 25.7 Å². The first-order valence-electron chi connectivity index (χ1n) is 6.57. The molecule has 1 N–H and O–H groups in total. The summed E-state index contributed by atoms with van der Waals surface area (Å²) in [6, 6.07) is 0. The zero-order chi connectivity index (χ0) is 10.7. The molecule has 0 aromatic carbocycles. The van der Waals surface area contributed by atoms with Crippen LogP contribution in [0.3, 0.4) is 0 Å². The lowest BCUT2D eigenvalue weighted by Crippen LogP contribution is -2.32. The Balaban J connectivity index is 1.82. The minimum Gasteiger partial charge on any atom is -0.393 e. The Hall–Kier alpha value is -0.0800. The van der Waals surface area contributed by atoms with Crippen LogP contribution in [0.15, 0.2) is 0 Å². The monoisotopic (exact) mass is 212 g/mol. The molecule has 0 bridgehead atoms. The summed E-state index contributed by atoms with van der Waals surface area (Å²) in [5.41, 5.74) is 0. The summed E-state index contributed by atoms with van der Waals surface area (Å²) < 4.78 is 5.34. The van der Waals surface area contributed by atoms with Gasteiger partial charge in [0.25, 0.3) is 0 Å². The van der Waals surface area contributed by atoms with E-state index in [1.807, 2.05) is 0 Å². The van der Waals surface area contributed by atoms with E-state index in [2.05, 4.69) is 6.92 Å². The smallest absolute Gasteiger partial charge is 0.0598 e. The van der Waals surface area contributed by atoms with Crippen LogP contribution in [0.2, 0.25) is 0 Å². The van der Waals surface area contributed by atoms with Crippen LogP contribution in [0.1, 0.15) is 45.4 Å². The van der Waals surface area contributed by atoms with Gasteiger partial charge in [-0.25, -0.2) is 0 Å². The van der Waals surface area contributed by atoms with Gasteiger partial charge in [-0.2, -0.15) is 0 Å². The molecule has 1 saturated carbocycles. The molecular weight excluding hydrogens is 188 g/mol. The second-order valence-corrected chi connectivity index (χ2v) is 5.29. The third kappa shape index (κ3) is 2.73. The van der Waals surface area contributed by atoms with E-state index in [0.29, 0.717) is 11.8 Å². The van der Waals surface area contributed by atoms with Gasteiger partial charge in [0.2, 0.25) is 0 Å². The number of hydrogen-bond donors (Lipinski definition) is 1. The molecule has 15 heavy (non-hydrogen) atoms. The van der Waals surface area contributed by atoms with E-state index in [1.54, 1.807) is 0 Å². The van der Waals surface area contributed by atoms with E-state index in [4.69, 9.17) is 4.74 Å². The Morgan fingerprint density at radius 3 is 2.47 bits per heavy atom. The molecule has 0 radical (unpaired) electrons. The Labute approximate surface area is 93.0 Å². The Bertz CT molecular complexity index is 187. The predicted octanol–water partition coefficient (Wildman–Crippen LogP) is 2.60. The van der Waals surface area contributed by atoms with Crippen LogP contribution < -0.4 is 0 Å². The summed E-state index contributed by atoms with van der Waals surface area (Å²) in [4.78, 5) is 0. The maximum Gasteiger partial charge on any atom is 0.0598 e. The summed E-state index contributed by atoms with van der Waals surface area (Å²) in [7, 11) is 0. The number of aliphatic hydroxyl groups excluding tert-OH is 1. The molecule has 1 heterocycles. The van der Waals surface area contributed by atoms with Crippen LogP contribution in [0.5, 0.6) is 0 Å². The highest BCUT2D eigenvalue weighted by Gasteiger charge is 2.33. The van der Waals surface area contributed by atoms with Crippen LogP contribution in [0, 0.1) is 17.8 Å². The first kappa shape index (κ1) is 11.4. The zero-order valence-corrected chi connectivity index (χ0v) is 9.82. The lowest BCUT2D eigenvalue weighted by Gasteiger charge is -2.30. The third-order valence-electron chi connectivity index (χ3n) is 4.39. The maximum absolute atomic E-state index is 10.3. The zero-order valence-electron chi connectivity index (χ0n) is 9.82. The minimum atomic E-state index is -0.0505. The summed E-state index contributed by atoms with van der Waals surface area (Å²) in [5.74, 6) is 1.97. The normalized spacial score (nSPS) is 35.6. The second kappa shape index (κ2) is 5.31. The van der Waals surface area contributed by atoms with Crippen molar-refractivity contribution in [2.24, 2.45) is 17.8 Å². The highest BCUT2D eigenvalue weighted by atomic mass is 16.5. The summed E-state index contributed by atoms with van der Waals surface area (Å²) in [6.07, 6.45) is 7.21. The number of ether oxygens (including phenoxy) is 1. The Kier molecular flexibility index (Phi) is 4.04. The van der Waals surface area contributed by atoms with Crippen molar-refractivity contribution in [1.82, 2.24) is 0 Å². The number of hydrogen-bond acceptors (Lipinski definition) is 2. The van der Waals surface area contributed by atoms with Crippen molar-refractivity contribution in [3.63, 3.8) is 0 Å². The predicted molar refractivity (Wildman–Crippen MR) is 60.7 cm³/mol. The summed E-state index contributed by atoms with van der Waals surface area (Å²) in [6.45, 7) is 3.98. The van der Waals surface area contributed by atoms with E-state index < -0.39 is 0 Å².